The van der Waals surface area contributed by atoms with E-state index >= 15 is 0 Å². The van der Waals surface area contributed by atoms with Crippen molar-refractivity contribution in [2.45, 2.75) is 32.2 Å². The van der Waals surface area contributed by atoms with E-state index in [4.69, 9.17) is 5.26 Å². The van der Waals surface area contributed by atoms with E-state index in [0.717, 1.165) is 30.3 Å². The Kier molecular flexibility index (Phi) is 5.05. The highest BCUT2D eigenvalue weighted by Crippen LogP contribution is 2.17. The molecule has 0 spiro atoms. The topological polar surface area (TPSA) is 64.8 Å². The zero-order chi connectivity index (χ0) is 15.9. The second kappa shape index (κ2) is 7.59. The molecule has 3 heterocycles. The molecule has 0 saturated carbocycles. The first-order chi connectivity index (χ1) is 11.3. The van der Waals surface area contributed by atoms with Crippen LogP contribution in [0.15, 0.2) is 36.7 Å². The Labute approximate surface area is 137 Å². The van der Waals surface area contributed by atoms with Gasteiger partial charge in [0.05, 0.1) is 5.56 Å². The van der Waals surface area contributed by atoms with Gasteiger partial charge in [-0.25, -0.2) is 9.97 Å². The fourth-order valence-corrected chi connectivity index (χ4v) is 2.77. The van der Waals surface area contributed by atoms with E-state index in [1.165, 1.54) is 25.7 Å². The molecule has 5 heteroatoms. The van der Waals surface area contributed by atoms with E-state index in [1.807, 2.05) is 12.3 Å². The van der Waals surface area contributed by atoms with Crippen LogP contribution in [-0.2, 0) is 6.54 Å². The molecular weight excluding hydrogens is 286 g/mol. The summed E-state index contributed by atoms with van der Waals surface area (Å²) in [5, 5.41) is 12.0. The SMILES string of the molecule is N#Cc1ccc(NCc2ccc(N3CCCCCC3)nc2)nc1. The van der Waals surface area contributed by atoms with Crippen molar-refractivity contribution in [3.05, 3.63) is 47.8 Å². The summed E-state index contributed by atoms with van der Waals surface area (Å²) in [4.78, 5) is 11.2. The Bertz CT molecular complexity index is 649. The molecule has 0 aliphatic carbocycles. The first kappa shape index (κ1) is 15.3. The van der Waals surface area contributed by atoms with Gasteiger partial charge in [-0.1, -0.05) is 18.9 Å². The standard InChI is InChI=1S/C18H21N5/c19-11-15-5-7-17(20-12-15)21-13-16-6-8-18(22-14-16)23-9-3-1-2-4-10-23/h5-8,12,14H,1-4,9-10,13H2,(H,20,21). The van der Waals surface area contributed by atoms with E-state index in [-0.39, 0.29) is 0 Å². The van der Waals surface area contributed by atoms with Gasteiger partial charge in [-0.3, -0.25) is 0 Å². The second-order valence-electron chi connectivity index (χ2n) is 5.82. The molecule has 1 fully saturated rings. The van der Waals surface area contributed by atoms with Crippen molar-refractivity contribution in [1.82, 2.24) is 9.97 Å². The highest BCUT2D eigenvalue weighted by molar-refractivity contribution is 5.42. The summed E-state index contributed by atoms with van der Waals surface area (Å²) in [5.74, 6) is 1.84. The number of hydrogen-bond acceptors (Lipinski definition) is 5. The predicted octanol–water partition coefficient (Wildman–Crippen LogP) is 3.34. The molecule has 1 saturated heterocycles. The average Bonchev–Trinajstić information content (AvgIpc) is 2.90. The minimum absolute atomic E-state index is 0.569. The van der Waals surface area contributed by atoms with Gasteiger partial charge in [-0.15, -0.1) is 0 Å². The van der Waals surface area contributed by atoms with Crippen molar-refractivity contribution >= 4 is 11.6 Å². The first-order valence-corrected chi connectivity index (χ1v) is 8.15. The lowest BCUT2D eigenvalue weighted by Gasteiger charge is -2.21. The summed E-state index contributed by atoms with van der Waals surface area (Å²) in [6.07, 6.45) is 8.68. The number of nitrogens with zero attached hydrogens (tertiary/aromatic N) is 4. The monoisotopic (exact) mass is 307 g/mol. The molecule has 1 N–H and O–H groups in total. The van der Waals surface area contributed by atoms with Crippen LogP contribution in [0.1, 0.15) is 36.8 Å². The Balaban J connectivity index is 1.57. The van der Waals surface area contributed by atoms with E-state index < -0.39 is 0 Å². The highest BCUT2D eigenvalue weighted by Gasteiger charge is 2.10. The molecule has 23 heavy (non-hydrogen) atoms. The fraction of sp³-hybridized carbons (Fsp3) is 0.389. The van der Waals surface area contributed by atoms with Crippen molar-refractivity contribution in [1.29, 1.82) is 5.26 Å². The molecule has 0 atom stereocenters. The van der Waals surface area contributed by atoms with Crippen LogP contribution in [0.2, 0.25) is 0 Å². The van der Waals surface area contributed by atoms with Crippen LogP contribution in [0.3, 0.4) is 0 Å². The third-order valence-electron chi connectivity index (χ3n) is 4.11. The summed E-state index contributed by atoms with van der Waals surface area (Å²) < 4.78 is 0. The fourth-order valence-electron chi connectivity index (χ4n) is 2.77. The van der Waals surface area contributed by atoms with Gasteiger partial charge in [0.15, 0.2) is 0 Å². The van der Waals surface area contributed by atoms with Gasteiger partial charge in [-0.05, 0) is 36.6 Å². The number of hydrogen-bond donors (Lipinski definition) is 1. The van der Waals surface area contributed by atoms with Crippen molar-refractivity contribution in [2.24, 2.45) is 0 Å². The molecule has 0 radical (unpaired) electrons. The Morgan fingerprint density at radius 2 is 1.83 bits per heavy atom. The molecule has 0 bridgehead atoms. The quantitative estimate of drug-likeness (QED) is 0.938. The van der Waals surface area contributed by atoms with Crippen LogP contribution in [0.5, 0.6) is 0 Å². The highest BCUT2D eigenvalue weighted by atomic mass is 15.2. The Morgan fingerprint density at radius 1 is 1.00 bits per heavy atom. The van der Waals surface area contributed by atoms with Crippen LogP contribution >= 0.6 is 0 Å². The van der Waals surface area contributed by atoms with Gasteiger partial charge in [0.1, 0.15) is 17.7 Å². The average molecular weight is 307 g/mol. The minimum Gasteiger partial charge on any atom is -0.366 e. The number of aromatic nitrogens is 2. The van der Waals surface area contributed by atoms with Crippen LogP contribution in [0, 0.1) is 11.3 Å². The lowest BCUT2D eigenvalue weighted by Crippen LogP contribution is -2.24. The van der Waals surface area contributed by atoms with Crippen molar-refractivity contribution in [3.8, 4) is 6.07 Å². The molecule has 3 rings (SSSR count). The molecule has 118 valence electrons. The predicted molar refractivity (Wildman–Crippen MR) is 91.2 cm³/mol. The summed E-state index contributed by atoms with van der Waals surface area (Å²) in [6, 6.07) is 9.86. The van der Waals surface area contributed by atoms with Gasteiger partial charge >= 0.3 is 0 Å². The molecule has 0 amide bonds. The van der Waals surface area contributed by atoms with Crippen molar-refractivity contribution < 1.29 is 0 Å². The smallest absolute Gasteiger partial charge is 0.128 e. The largest absolute Gasteiger partial charge is 0.366 e. The van der Waals surface area contributed by atoms with E-state index in [9.17, 15) is 0 Å². The third kappa shape index (κ3) is 4.19. The number of nitriles is 1. The molecule has 0 unspecified atom stereocenters. The van der Waals surface area contributed by atoms with Crippen LogP contribution in [0.25, 0.3) is 0 Å². The molecule has 2 aromatic heterocycles. The normalized spacial score (nSPS) is 14.8. The number of anilines is 2. The van der Waals surface area contributed by atoms with Crippen molar-refractivity contribution in [3.63, 3.8) is 0 Å². The van der Waals surface area contributed by atoms with Crippen LogP contribution in [0.4, 0.5) is 11.6 Å². The molecule has 0 aromatic carbocycles. The van der Waals surface area contributed by atoms with Gasteiger partial charge in [0, 0.05) is 32.0 Å². The van der Waals surface area contributed by atoms with E-state index in [0.29, 0.717) is 12.1 Å². The maximum Gasteiger partial charge on any atom is 0.128 e. The zero-order valence-corrected chi connectivity index (χ0v) is 13.2. The molecule has 1 aliphatic rings. The first-order valence-electron chi connectivity index (χ1n) is 8.15. The summed E-state index contributed by atoms with van der Waals surface area (Å²) in [6.45, 7) is 2.89. The second-order valence-corrected chi connectivity index (χ2v) is 5.82. The zero-order valence-electron chi connectivity index (χ0n) is 13.2. The summed E-state index contributed by atoms with van der Waals surface area (Å²) >= 11 is 0. The van der Waals surface area contributed by atoms with E-state index in [1.54, 1.807) is 12.3 Å². The lowest BCUT2D eigenvalue weighted by atomic mass is 10.2. The number of pyridine rings is 2. The molecular formula is C18H21N5. The lowest BCUT2D eigenvalue weighted by molar-refractivity contribution is 0.726. The van der Waals surface area contributed by atoms with E-state index in [2.05, 4.69) is 38.4 Å². The third-order valence-corrected chi connectivity index (χ3v) is 4.11. The van der Waals surface area contributed by atoms with Gasteiger partial charge in [0.2, 0.25) is 0 Å². The van der Waals surface area contributed by atoms with Gasteiger partial charge in [0.25, 0.3) is 0 Å². The van der Waals surface area contributed by atoms with Crippen LogP contribution < -0.4 is 10.2 Å². The van der Waals surface area contributed by atoms with Crippen LogP contribution in [-0.4, -0.2) is 23.1 Å². The maximum absolute atomic E-state index is 8.76. The summed E-state index contributed by atoms with van der Waals surface area (Å²) in [7, 11) is 0. The number of rotatable bonds is 4. The molecule has 2 aromatic rings. The maximum atomic E-state index is 8.76. The molecule has 5 nitrogen and oxygen atoms in total. The summed E-state index contributed by atoms with van der Waals surface area (Å²) in [5.41, 5.74) is 1.69. The van der Waals surface area contributed by atoms with Gasteiger partial charge in [-0.2, -0.15) is 5.26 Å². The Hall–Kier alpha value is -2.61. The molecule has 1 aliphatic heterocycles. The number of nitrogens with one attached hydrogen (secondary N) is 1. The van der Waals surface area contributed by atoms with Gasteiger partial charge < -0.3 is 10.2 Å². The van der Waals surface area contributed by atoms with Crippen molar-refractivity contribution in [2.75, 3.05) is 23.3 Å². The minimum atomic E-state index is 0.569. The Morgan fingerprint density at radius 3 is 2.43 bits per heavy atom.